The molecule has 0 aliphatic heterocycles. The fourth-order valence-corrected chi connectivity index (χ4v) is 3.84. The molecular weight excluding hydrogens is 374 g/mol. The zero-order chi connectivity index (χ0) is 20.0. The van der Waals surface area contributed by atoms with Gasteiger partial charge in [0, 0.05) is 17.5 Å². The number of aromatic nitrogens is 5. The number of nitrogen functional groups attached to an aromatic ring is 1. The third-order valence-corrected chi connectivity index (χ3v) is 5.36. The Morgan fingerprint density at radius 1 is 1.21 bits per heavy atom. The van der Waals surface area contributed by atoms with Crippen molar-refractivity contribution in [2.45, 2.75) is 33.7 Å². The highest BCUT2D eigenvalue weighted by molar-refractivity contribution is 7.22. The first-order valence-electron chi connectivity index (χ1n) is 9.05. The molecule has 4 rings (SSSR count). The minimum atomic E-state index is -0.100. The maximum Gasteiger partial charge on any atom is 0.228 e. The van der Waals surface area contributed by atoms with Crippen molar-refractivity contribution in [1.82, 2.24) is 24.7 Å². The SMILES string of the molecule is CC(C)C(=O)Nc1nc2ccc(-c3nn(C(C)C)c4ncnc(N)c34)cc2s1. The van der Waals surface area contributed by atoms with E-state index in [0.717, 1.165) is 26.9 Å². The van der Waals surface area contributed by atoms with Crippen molar-refractivity contribution >= 4 is 49.4 Å². The van der Waals surface area contributed by atoms with Crippen LogP contribution in [0.25, 0.3) is 32.5 Å². The van der Waals surface area contributed by atoms with Gasteiger partial charge in [-0.15, -0.1) is 0 Å². The Morgan fingerprint density at radius 2 is 2.00 bits per heavy atom. The fraction of sp³-hybridized carbons (Fsp3) is 0.316. The summed E-state index contributed by atoms with van der Waals surface area (Å²) < 4.78 is 2.81. The lowest BCUT2D eigenvalue weighted by Gasteiger charge is -2.05. The lowest BCUT2D eigenvalue weighted by atomic mass is 10.1. The van der Waals surface area contributed by atoms with E-state index in [0.29, 0.717) is 16.6 Å². The zero-order valence-corrected chi connectivity index (χ0v) is 16.9. The molecule has 28 heavy (non-hydrogen) atoms. The molecule has 8 nitrogen and oxygen atoms in total. The van der Waals surface area contributed by atoms with E-state index >= 15 is 0 Å². The number of fused-ring (bicyclic) bond motifs is 2. The third kappa shape index (κ3) is 3.07. The van der Waals surface area contributed by atoms with Gasteiger partial charge >= 0.3 is 0 Å². The summed E-state index contributed by atoms with van der Waals surface area (Å²) in [4.78, 5) is 25.0. The van der Waals surface area contributed by atoms with Crippen molar-refractivity contribution in [3.63, 3.8) is 0 Å². The quantitative estimate of drug-likeness (QED) is 0.543. The molecule has 0 aliphatic carbocycles. The normalized spacial score (nSPS) is 11.8. The first-order valence-corrected chi connectivity index (χ1v) is 9.87. The van der Waals surface area contributed by atoms with Crippen LogP contribution in [0.2, 0.25) is 0 Å². The first-order chi connectivity index (χ1) is 13.3. The highest BCUT2D eigenvalue weighted by atomic mass is 32.1. The molecule has 0 aliphatic rings. The van der Waals surface area contributed by atoms with Gasteiger partial charge in [-0.3, -0.25) is 4.79 Å². The van der Waals surface area contributed by atoms with Gasteiger partial charge in [0.05, 0.1) is 15.6 Å². The summed E-state index contributed by atoms with van der Waals surface area (Å²) in [7, 11) is 0. The molecular formula is C19H21N7OS. The molecule has 144 valence electrons. The number of hydrogen-bond acceptors (Lipinski definition) is 7. The standard InChI is InChI=1S/C19H21N7OS/c1-9(2)18(27)24-19-23-12-6-5-11(7-13(12)28-19)15-14-16(20)21-8-22-17(14)26(25-15)10(3)4/h5-10H,1-4H3,(H2,20,21,22)(H,23,24,27). The summed E-state index contributed by atoms with van der Waals surface area (Å²) in [5, 5.41) is 8.94. The van der Waals surface area contributed by atoms with Gasteiger partial charge in [0.1, 0.15) is 17.8 Å². The fourth-order valence-electron chi connectivity index (χ4n) is 2.93. The van der Waals surface area contributed by atoms with E-state index < -0.39 is 0 Å². The molecule has 0 fully saturated rings. The van der Waals surface area contributed by atoms with Gasteiger partial charge in [-0.1, -0.05) is 31.3 Å². The molecule has 4 aromatic rings. The van der Waals surface area contributed by atoms with Crippen LogP contribution in [0.3, 0.4) is 0 Å². The molecule has 3 aromatic heterocycles. The van der Waals surface area contributed by atoms with Crippen molar-refractivity contribution < 1.29 is 4.79 Å². The van der Waals surface area contributed by atoms with Crippen LogP contribution < -0.4 is 11.1 Å². The van der Waals surface area contributed by atoms with Gasteiger partial charge in [0.25, 0.3) is 0 Å². The maximum absolute atomic E-state index is 11.9. The number of amides is 1. The van der Waals surface area contributed by atoms with Crippen LogP contribution in [0.15, 0.2) is 24.5 Å². The minimum absolute atomic E-state index is 0.0501. The van der Waals surface area contributed by atoms with Crippen LogP contribution in [-0.4, -0.2) is 30.6 Å². The molecule has 0 saturated carbocycles. The molecule has 0 unspecified atom stereocenters. The number of nitrogens with two attached hydrogens (primary N) is 1. The Bertz CT molecular complexity index is 1190. The number of anilines is 2. The molecule has 1 aromatic carbocycles. The number of thiazole rings is 1. The van der Waals surface area contributed by atoms with Crippen LogP contribution in [0.4, 0.5) is 10.9 Å². The van der Waals surface area contributed by atoms with Gasteiger partial charge < -0.3 is 11.1 Å². The summed E-state index contributed by atoms with van der Waals surface area (Å²) in [5.41, 5.74) is 9.33. The number of carbonyl (C=O) groups is 1. The Morgan fingerprint density at radius 3 is 2.71 bits per heavy atom. The van der Waals surface area contributed by atoms with E-state index in [2.05, 4.69) is 20.3 Å². The first kappa shape index (κ1) is 18.3. The molecule has 0 radical (unpaired) electrons. The zero-order valence-electron chi connectivity index (χ0n) is 16.1. The molecule has 1 amide bonds. The molecule has 3 heterocycles. The lowest BCUT2D eigenvalue weighted by molar-refractivity contribution is -0.118. The van der Waals surface area contributed by atoms with Crippen LogP contribution in [0, 0.1) is 5.92 Å². The van der Waals surface area contributed by atoms with Crippen LogP contribution in [-0.2, 0) is 4.79 Å². The highest BCUT2D eigenvalue weighted by Crippen LogP contribution is 2.35. The monoisotopic (exact) mass is 395 g/mol. The number of nitrogens with one attached hydrogen (secondary N) is 1. The van der Waals surface area contributed by atoms with Gasteiger partial charge in [-0.2, -0.15) is 5.10 Å². The predicted octanol–water partition coefficient (Wildman–Crippen LogP) is 3.86. The van der Waals surface area contributed by atoms with Crippen molar-refractivity contribution in [2.75, 3.05) is 11.1 Å². The van der Waals surface area contributed by atoms with Crippen molar-refractivity contribution in [3.8, 4) is 11.3 Å². The van der Waals surface area contributed by atoms with E-state index in [1.54, 1.807) is 0 Å². The second-order valence-electron chi connectivity index (χ2n) is 7.19. The van der Waals surface area contributed by atoms with Gasteiger partial charge in [-0.05, 0) is 26.0 Å². The topological polar surface area (TPSA) is 112 Å². The van der Waals surface area contributed by atoms with E-state index in [4.69, 9.17) is 10.8 Å². The van der Waals surface area contributed by atoms with E-state index in [1.165, 1.54) is 17.7 Å². The Kier molecular flexibility index (Phi) is 4.46. The van der Waals surface area contributed by atoms with Crippen molar-refractivity contribution in [1.29, 1.82) is 0 Å². The average Bonchev–Trinajstić information content (AvgIpc) is 3.22. The van der Waals surface area contributed by atoms with Crippen LogP contribution >= 0.6 is 11.3 Å². The number of hydrogen-bond donors (Lipinski definition) is 2. The van der Waals surface area contributed by atoms with E-state index in [9.17, 15) is 4.79 Å². The molecule has 0 spiro atoms. The van der Waals surface area contributed by atoms with E-state index in [-0.39, 0.29) is 17.9 Å². The summed E-state index contributed by atoms with van der Waals surface area (Å²) in [6.45, 7) is 7.79. The maximum atomic E-state index is 11.9. The summed E-state index contributed by atoms with van der Waals surface area (Å²) in [6, 6.07) is 6.02. The summed E-state index contributed by atoms with van der Waals surface area (Å²) in [6.07, 6.45) is 1.46. The molecule has 0 saturated heterocycles. The Hall–Kier alpha value is -3.07. The number of benzene rings is 1. The Labute approximate surface area is 165 Å². The van der Waals surface area contributed by atoms with E-state index in [1.807, 2.05) is 50.6 Å². The average molecular weight is 395 g/mol. The van der Waals surface area contributed by atoms with Crippen molar-refractivity contribution in [2.24, 2.45) is 5.92 Å². The number of rotatable bonds is 4. The van der Waals surface area contributed by atoms with Crippen LogP contribution in [0.1, 0.15) is 33.7 Å². The summed E-state index contributed by atoms with van der Waals surface area (Å²) in [5.74, 6) is 0.254. The molecule has 0 bridgehead atoms. The second-order valence-corrected chi connectivity index (χ2v) is 8.22. The van der Waals surface area contributed by atoms with Gasteiger partial charge in [-0.25, -0.2) is 19.6 Å². The predicted molar refractivity (Wildman–Crippen MR) is 112 cm³/mol. The smallest absolute Gasteiger partial charge is 0.228 e. The second kappa shape index (κ2) is 6.83. The van der Waals surface area contributed by atoms with Gasteiger partial charge in [0.15, 0.2) is 10.8 Å². The molecule has 9 heteroatoms. The molecule has 0 atom stereocenters. The van der Waals surface area contributed by atoms with Crippen molar-refractivity contribution in [3.05, 3.63) is 24.5 Å². The molecule has 3 N–H and O–H groups in total. The summed E-state index contributed by atoms with van der Waals surface area (Å²) >= 11 is 1.43. The Balaban J connectivity index is 1.82. The largest absolute Gasteiger partial charge is 0.383 e. The number of nitrogens with zero attached hydrogens (tertiary/aromatic N) is 5. The van der Waals surface area contributed by atoms with Gasteiger partial charge in [0.2, 0.25) is 5.91 Å². The third-order valence-electron chi connectivity index (χ3n) is 4.42. The highest BCUT2D eigenvalue weighted by Gasteiger charge is 2.19. The van der Waals surface area contributed by atoms with Crippen LogP contribution in [0.5, 0.6) is 0 Å². The minimum Gasteiger partial charge on any atom is -0.383 e. The number of carbonyl (C=O) groups excluding carboxylic acids is 1. The lowest BCUT2D eigenvalue weighted by Crippen LogP contribution is -2.17.